The van der Waals surface area contributed by atoms with Crippen LogP contribution in [0.3, 0.4) is 0 Å². The Morgan fingerprint density at radius 1 is 1.78 bits per heavy atom. The number of hydrogen-bond donors (Lipinski definition) is 2. The van der Waals surface area contributed by atoms with Crippen molar-refractivity contribution >= 4 is 12.3 Å². The lowest BCUT2D eigenvalue weighted by Crippen LogP contribution is -2.22. The normalized spacial score (nSPS) is 12.6. The lowest BCUT2D eigenvalue weighted by molar-refractivity contribution is -0.133. The molecular formula is C5H8NO3. The van der Waals surface area contributed by atoms with Crippen LogP contribution in [0.2, 0.25) is 0 Å². The minimum absolute atomic E-state index is 0.0961. The van der Waals surface area contributed by atoms with Crippen molar-refractivity contribution in [1.29, 1.82) is 0 Å². The molecule has 0 amide bonds. The molecule has 0 aliphatic carbocycles. The van der Waals surface area contributed by atoms with Gasteiger partial charge in [-0.2, -0.15) is 0 Å². The van der Waals surface area contributed by atoms with E-state index in [-0.39, 0.29) is 6.42 Å². The van der Waals surface area contributed by atoms with Crippen molar-refractivity contribution in [3.63, 3.8) is 0 Å². The van der Waals surface area contributed by atoms with Gasteiger partial charge in [0.2, 0.25) is 0 Å². The standard InChI is InChI=1S/C5H8NO3/c6-4(3-7)1-2-5(8)9/h2-4H,1,6H2,(H,8,9)/t4-/m0/s1. The van der Waals surface area contributed by atoms with Crippen molar-refractivity contribution in [2.24, 2.45) is 5.73 Å². The van der Waals surface area contributed by atoms with Gasteiger partial charge in [-0.15, -0.1) is 0 Å². The lowest BCUT2D eigenvalue weighted by atomic mass is 10.2. The summed E-state index contributed by atoms with van der Waals surface area (Å²) >= 11 is 0. The van der Waals surface area contributed by atoms with E-state index in [1.165, 1.54) is 0 Å². The van der Waals surface area contributed by atoms with Gasteiger partial charge >= 0.3 is 5.97 Å². The Kier molecular flexibility index (Phi) is 3.62. The monoisotopic (exact) mass is 130 g/mol. The van der Waals surface area contributed by atoms with E-state index < -0.39 is 12.0 Å². The van der Waals surface area contributed by atoms with Crippen molar-refractivity contribution in [2.75, 3.05) is 0 Å². The summed E-state index contributed by atoms with van der Waals surface area (Å²) in [6.07, 6.45) is 1.57. The van der Waals surface area contributed by atoms with Gasteiger partial charge in [-0.3, -0.25) is 4.79 Å². The summed E-state index contributed by atoms with van der Waals surface area (Å²) in [6.45, 7) is 0. The maximum absolute atomic E-state index is 9.79. The van der Waals surface area contributed by atoms with Gasteiger partial charge in [0.15, 0.2) is 0 Å². The first-order chi connectivity index (χ1) is 4.16. The van der Waals surface area contributed by atoms with Crippen molar-refractivity contribution in [1.82, 2.24) is 0 Å². The Bertz CT molecular complexity index is 113. The molecule has 1 radical (unpaired) electrons. The number of carboxylic acids is 1. The minimum Gasteiger partial charge on any atom is -0.481 e. The van der Waals surface area contributed by atoms with E-state index in [4.69, 9.17) is 10.8 Å². The van der Waals surface area contributed by atoms with E-state index >= 15 is 0 Å². The molecule has 0 aliphatic rings. The molecule has 3 N–H and O–H groups in total. The molecule has 0 spiro atoms. The van der Waals surface area contributed by atoms with Gasteiger partial charge in [-0.05, 0) is 6.42 Å². The summed E-state index contributed by atoms with van der Waals surface area (Å²) in [5.41, 5.74) is 5.06. The van der Waals surface area contributed by atoms with Crippen molar-refractivity contribution in [3.8, 4) is 0 Å². The fraction of sp³-hybridized carbons (Fsp3) is 0.400. The van der Waals surface area contributed by atoms with Crippen molar-refractivity contribution in [3.05, 3.63) is 6.42 Å². The van der Waals surface area contributed by atoms with E-state index in [1.807, 2.05) is 0 Å². The fourth-order valence-electron chi connectivity index (χ4n) is 0.292. The summed E-state index contributed by atoms with van der Waals surface area (Å²) in [6, 6.07) is -0.680. The third kappa shape index (κ3) is 4.96. The van der Waals surface area contributed by atoms with Crippen LogP contribution in [0.25, 0.3) is 0 Å². The number of aldehydes is 1. The molecule has 0 saturated heterocycles. The lowest BCUT2D eigenvalue weighted by Gasteiger charge is -1.96. The molecule has 0 bridgehead atoms. The predicted octanol–water partition coefficient (Wildman–Crippen LogP) is -0.808. The van der Waals surface area contributed by atoms with Crippen LogP contribution >= 0.6 is 0 Å². The average molecular weight is 130 g/mol. The minimum atomic E-state index is -1.05. The van der Waals surface area contributed by atoms with Crippen LogP contribution < -0.4 is 5.73 Å². The molecule has 0 aliphatic heterocycles. The second kappa shape index (κ2) is 4.03. The number of carboxylic acid groups (broad SMARTS) is 1. The molecule has 9 heavy (non-hydrogen) atoms. The summed E-state index contributed by atoms with van der Waals surface area (Å²) < 4.78 is 0. The number of carbonyl (C=O) groups excluding carboxylic acids is 1. The molecule has 0 aromatic carbocycles. The van der Waals surface area contributed by atoms with Crippen LogP contribution in [0.1, 0.15) is 6.42 Å². The first-order valence-corrected chi connectivity index (χ1v) is 2.44. The molecule has 0 fully saturated rings. The van der Waals surface area contributed by atoms with Gasteiger partial charge < -0.3 is 15.6 Å². The molecule has 0 heterocycles. The number of rotatable bonds is 4. The number of carbonyl (C=O) groups is 2. The van der Waals surface area contributed by atoms with Crippen LogP contribution in [0.4, 0.5) is 0 Å². The topological polar surface area (TPSA) is 80.4 Å². The van der Waals surface area contributed by atoms with Crippen molar-refractivity contribution in [2.45, 2.75) is 12.5 Å². The van der Waals surface area contributed by atoms with Crippen molar-refractivity contribution < 1.29 is 14.7 Å². The number of nitrogens with two attached hydrogens (primary N) is 1. The predicted molar refractivity (Wildman–Crippen MR) is 30.6 cm³/mol. The maximum atomic E-state index is 9.79. The summed E-state index contributed by atoms with van der Waals surface area (Å²) in [5, 5.41) is 8.03. The number of aliphatic carboxylic acids is 1. The summed E-state index contributed by atoms with van der Waals surface area (Å²) in [5.74, 6) is -1.05. The van der Waals surface area contributed by atoms with Crippen LogP contribution in [-0.4, -0.2) is 23.4 Å². The van der Waals surface area contributed by atoms with E-state index in [1.54, 1.807) is 0 Å². The van der Waals surface area contributed by atoms with Crippen LogP contribution in [0.5, 0.6) is 0 Å². The van der Waals surface area contributed by atoms with Gasteiger partial charge in [0.25, 0.3) is 0 Å². The third-order valence-electron chi connectivity index (χ3n) is 0.739. The zero-order chi connectivity index (χ0) is 7.28. The molecular weight excluding hydrogens is 122 g/mol. The third-order valence-corrected chi connectivity index (χ3v) is 0.739. The zero-order valence-electron chi connectivity index (χ0n) is 4.78. The Hall–Kier alpha value is -0.900. The Labute approximate surface area is 52.7 Å². The molecule has 51 valence electrons. The average Bonchev–Trinajstić information content (AvgIpc) is 1.83. The quantitative estimate of drug-likeness (QED) is 0.488. The molecule has 4 nitrogen and oxygen atoms in total. The second-order valence-electron chi connectivity index (χ2n) is 1.58. The molecule has 0 unspecified atom stereocenters. The number of hydrogen-bond acceptors (Lipinski definition) is 3. The molecule has 0 saturated carbocycles. The first-order valence-electron chi connectivity index (χ1n) is 2.44. The SMILES string of the molecule is N[C@H](C=O)C[CH]C(=O)O. The van der Waals surface area contributed by atoms with Crippen LogP contribution in [0, 0.1) is 6.42 Å². The van der Waals surface area contributed by atoms with E-state index in [0.29, 0.717) is 6.29 Å². The molecule has 0 aromatic heterocycles. The smallest absolute Gasteiger partial charge is 0.307 e. The van der Waals surface area contributed by atoms with E-state index in [9.17, 15) is 9.59 Å². The largest absolute Gasteiger partial charge is 0.481 e. The molecule has 0 aromatic rings. The van der Waals surface area contributed by atoms with Crippen LogP contribution in [-0.2, 0) is 9.59 Å². The second-order valence-corrected chi connectivity index (χ2v) is 1.58. The Morgan fingerprint density at radius 3 is 2.67 bits per heavy atom. The van der Waals surface area contributed by atoms with E-state index in [2.05, 4.69) is 0 Å². The molecule has 0 rings (SSSR count). The summed E-state index contributed by atoms with van der Waals surface area (Å²) in [4.78, 5) is 19.6. The van der Waals surface area contributed by atoms with Gasteiger partial charge in [0, 0.05) is 0 Å². The van der Waals surface area contributed by atoms with E-state index in [0.717, 1.165) is 6.42 Å². The summed E-state index contributed by atoms with van der Waals surface area (Å²) in [7, 11) is 0. The molecule has 4 heteroatoms. The highest BCUT2D eigenvalue weighted by atomic mass is 16.4. The Morgan fingerprint density at radius 2 is 2.33 bits per heavy atom. The maximum Gasteiger partial charge on any atom is 0.307 e. The fourth-order valence-corrected chi connectivity index (χ4v) is 0.292. The molecule has 1 atom stereocenters. The highest BCUT2D eigenvalue weighted by molar-refractivity contribution is 5.77. The Balaban J connectivity index is 3.26. The van der Waals surface area contributed by atoms with Gasteiger partial charge in [-0.25, -0.2) is 0 Å². The highest BCUT2D eigenvalue weighted by Gasteiger charge is 2.02. The highest BCUT2D eigenvalue weighted by Crippen LogP contribution is 1.88. The van der Waals surface area contributed by atoms with Crippen LogP contribution in [0.15, 0.2) is 0 Å². The zero-order valence-corrected chi connectivity index (χ0v) is 4.78. The van der Waals surface area contributed by atoms with Gasteiger partial charge in [0.1, 0.15) is 6.29 Å². The first kappa shape index (κ1) is 8.10. The van der Waals surface area contributed by atoms with Gasteiger partial charge in [0.05, 0.1) is 12.5 Å². The van der Waals surface area contributed by atoms with Gasteiger partial charge in [-0.1, -0.05) is 0 Å².